The molecule has 2 aliphatic heterocycles. The van der Waals surface area contributed by atoms with Gasteiger partial charge in [-0.3, -0.25) is 0 Å². The van der Waals surface area contributed by atoms with Crippen molar-refractivity contribution in [3.8, 4) is 0 Å². The molecule has 6 nitrogen and oxygen atoms in total. The molecule has 0 aliphatic carbocycles. The lowest BCUT2D eigenvalue weighted by Gasteiger charge is -2.39. The minimum Gasteiger partial charge on any atom is -0.448 e. The monoisotopic (exact) mass is 753 g/mol. The molecule has 310 valence electrons. The van der Waals surface area contributed by atoms with Crippen LogP contribution in [0.3, 0.4) is 0 Å². The highest BCUT2D eigenvalue weighted by molar-refractivity contribution is 5.67. The van der Waals surface area contributed by atoms with Crippen LogP contribution < -0.4 is 0 Å². The zero-order valence-corrected chi connectivity index (χ0v) is 35.7. The third-order valence-corrected chi connectivity index (χ3v) is 10.9. The number of unbranched alkanes of at least 4 members (excludes halogenated alkanes) is 15. The van der Waals surface area contributed by atoms with Crippen molar-refractivity contribution in [2.75, 3.05) is 46.9 Å². The molecule has 0 saturated carbocycles. The second kappa shape index (κ2) is 32.0. The van der Waals surface area contributed by atoms with Crippen LogP contribution in [0.15, 0.2) is 60.8 Å². The van der Waals surface area contributed by atoms with Crippen molar-refractivity contribution in [3.63, 3.8) is 0 Å². The topological polar surface area (TPSA) is 51.2 Å². The van der Waals surface area contributed by atoms with E-state index in [9.17, 15) is 4.79 Å². The van der Waals surface area contributed by atoms with Gasteiger partial charge in [0.1, 0.15) is 6.61 Å². The third kappa shape index (κ3) is 23.7. The molecule has 0 N–H and O–H groups in total. The second-order valence-electron chi connectivity index (χ2n) is 16.2. The lowest BCUT2D eigenvalue weighted by atomic mass is 9.92. The minimum absolute atomic E-state index is 0.197. The summed E-state index contributed by atoms with van der Waals surface area (Å²) in [5, 5.41) is 0. The van der Waals surface area contributed by atoms with Gasteiger partial charge in [0, 0.05) is 32.5 Å². The zero-order valence-electron chi connectivity index (χ0n) is 35.7. The Morgan fingerprint density at radius 3 is 1.59 bits per heavy atom. The number of carbonyl (C=O) groups excluding carboxylic acids is 1. The fourth-order valence-corrected chi connectivity index (χ4v) is 7.41. The van der Waals surface area contributed by atoms with Gasteiger partial charge < -0.3 is 24.0 Å². The van der Waals surface area contributed by atoms with Crippen LogP contribution in [0, 0.1) is 0 Å². The Morgan fingerprint density at radius 2 is 1.09 bits per heavy atom. The molecule has 2 saturated heterocycles. The summed E-state index contributed by atoms with van der Waals surface area (Å²) in [7, 11) is 3.99. The SMILES string of the molecule is CC/C=C\C/C=C\C/C=C\CCCCCCCCC1(CCCCCCCC/C=C\C/C=C\CCCCC)OCC2(CCN(C(=O)OCCN(C)C)CC2)O1. The smallest absolute Gasteiger partial charge is 0.409 e. The van der Waals surface area contributed by atoms with Crippen molar-refractivity contribution in [2.45, 2.75) is 192 Å². The summed E-state index contributed by atoms with van der Waals surface area (Å²) in [6.45, 7) is 7.61. The molecule has 0 aromatic rings. The summed E-state index contributed by atoms with van der Waals surface area (Å²) in [6, 6.07) is 0. The van der Waals surface area contributed by atoms with E-state index in [0.717, 1.165) is 70.8 Å². The molecule has 1 unspecified atom stereocenters. The average molecular weight is 753 g/mol. The number of rotatable bonds is 32. The van der Waals surface area contributed by atoms with E-state index >= 15 is 0 Å². The Balaban J connectivity index is 1.69. The number of hydrogen-bond acceptors (Lipinski definition) is 5. The fraction of sp³-hybridized carbons (Fsp3) is 0.771. The van der Waals surface area contributed by atoms with Gasteiger partial charge in [-0.2, -0.15) is 0 Å². The Morgan fingerprint density at radius 1 is 0.630 bits per heavy atom. The molecule has 2 heterocycles. The molecule has 2 fully saturated rings. The Kier molecular flexibility index (Phi) is 28.4. The molecule has 0 radical (unpaired) electrons. The highest BCUT2D eigenvalue weighted by Crippen LogP contribution is 2.44. The molecule has 54 heavy (non-hydrogen) atoms. The van der Waals surface area contributed by atoms with Crippen LogP contribution in [0.4, 0.5) is 4.79 Å². The molecule has 0 aromatic heterocycles. The zero-order chi connectivity index (χ0) is 38.8. The number of likely N-dealkylation sites (N-methyl/N-ethyl adjacent to an activating group) is 1. The van der Waals surface area contributed by atoms with E-state index in [2.05, 4.69) is 74.6 Å². The Hall–Kier alpha value is -2.15. The van der Waals surface area contributed by atoms with Crippen molar-refractivity contribution in [1.82, 2.24) is 9.80 Å². The number of likely N-dealkylation sites (tertiary alicyclic amines) is 1. The number of nitrogens with zero attached hydrogens (tertiary/aromatic N) is 2. The minimum atomic E-state index is -0.463. The highest BCUT2D eigenvalue weighted by Gasteiger charge is 2.51. The van der Waals surface area contributed by atoms with E-state index in [1.165, 1.54) is 103 Å². The third-order valence-electron chi connectivity index (χ3n) is 10.9. The second-order valence-corrected chi connectivity index (χ2v) is 16.2. The van der Waals surface area contributed by atoms with Gasteiger partial charge in [0.25, 0.3) is 0 Å². The summed E-state index contributed by atoms with van der Waals surface area (Å²) < 4.78 is 19.2. The van der Waals surface area contributed by atoms with Gasteiger partial charge in [0.05, 0.1) is 12.2 Å². The normalized spacial score (nSPS) is 19.1. The molecular weight excluding hydrogens is 669 g/mol. The molecule has 1 spiro atoms. The van der Waals surface area contributed by atoms with Gasteiger partial charge in [-0.25, -0.2) is 4.79 Å². The van der Waals surface area contributed by atoms with Crippen LogP contribution >= 0.6 is 0 Å². The molecule has 2 rings (SSSR count). The maximum absolute atomic E-state index is 12.7. The number of piperidine rings is 1. The summed E-state index contributed by atoms with van der Waals surface area (Å²) in [4.78, 5) is 16.5. The number of carbonyl (C=O) groups is 1. The summed E-state index contributed by atoms with van der Waals surface area (Å²) in [5.74, 6) is -0.463. The first-order valence-electron chi connectivity index (χ1n) is 22.6. The van der Waals surface area contributed by atoms with Gasteiger partial charge in [-0.05, 0) is 104 Å². The van der Waals surface area contributed by atoms with Crippen LogP contribution in [-0.2, 0) is 14.2 Å². The lowest BCUT2D eigenvalue weighted by molar-refractivity contribution is -0.203. The molecule has 0 aromatic carbocycles. The van der Waals surface area contributed by atoms with Crippen LogP contribution in [0.25, 0.3) is 0 Å². The van der Waals surface area contributed by atoms with Gasteiger partial charge in [-0.1, -0.05) is 139 Å². The van der Waals surface area contributed by atoms with E-state index in [4.69, 9.17) is 14.2 Å². The predicted molar refractivity (Wildman–Crippen MR) is 231 cm³/mol. The first kappa shape index (κ1) is 48.0. The number of allylic oxidation sites excluding steroid dienone is 10. The fourth-order valence-electron chi connectivity index (χ4n) is 7.41. The van der Waals surface area contributed by atoms with Gasteiger partial charge in [0.2, 0.25) is 0 Å². The van der Waals surface area contributed by atoms with Gasteiger partial charge >= 0.3 is 6.09 Å². The quantitative estimate of drug-likeness (QED) is 0.0506. The first-order valence-corrected chi connectivity index (χ1v) is 22.6. The van der Waals surface area contributed by atoms with Crippen LogP contribution in [0.5, 0.6) is 0 Å². The summed E-state index contributed by atoms with van der Waals surface area (Å²) >= 11 is 0. The molecule has 1 amide bonds. The van der Waals surface area contributed by atoms with Crippen molar-refractivity contribution >= 4 is 6.09 Å². The number of hydrogen-bond donors (Lipinski definition) is 0. The predicted octanol–water partition coefficient (Wildman–Crippen LogP) is 13.4. The summed E-state index contributed by atoms with van der Waals surface area (Å²) in [5.41, 5.74) is -0.270. The van der Waals surface area contributed by atoms with Gasteiger partial charge in [0.15, 0.2) is 5.79 Å². The Labute approximate surface area is 333 Å². The van der Waals surface area contributed by atoms with E-state index in [-0.39, 0.29) is 11.7 Å². The van der Waals surface area contributed by atoms with Crippen LogP contribution in [0.1, 0.15) is 181 Å². The number of ether oxygens (including phenoxy) is 3. The molecule has 1 atom stereocenters. The number of amides is 1. The Bertz CT molecular complexity index is 1050. The van der Waals surface area contributed by atoms with E-state index in [1.54, 1.807) is 0 Å². The van der Waals surface area contributed by atoms with E-state index < -0.39 is 5.79 Å². The standard InChI is InChI=1S/C48H84N2O4/c1-5-7-9-11-13-15-17-19-21-23-25-27-29-31-33-35-37-48(38-36-34-32-30-28-26-24-22-20-18-16-14-12-10-8-6-2)53-45-47(54-48)39-41-50(42-40-47)46(51)52-44-43-49(3)4/h7,9,13-16,19-22H,5-6,8,10-12,17-18,23-45H2,1-4H3/b9-7-,15-13-,16-14-,21-19-,22-20-. The van der Waals surface area contributed by atoms with Crippen molar-refractivity contribution < 1.29 is 19.0 Å². The highest BCUT2D eigenvalue weighted by atomic mass is 16.8. The molecular formula is C48H84N2O4. The maximum Gasteiger partial charge on any atom is 0.409 e. The van der Waals surface area contributed by atoms with Crippen molar-refractivity contribution in [2.24, 2.45) is 0 Å². The van der Waals surface area contributed by atoms with Gasteiger partial charge in [-0.15, -0.1) is 0 Å². The maximum atomic E-state index is 12.7. The van der Waals surface area contributed by atoms with Crippen LogP contribution in [-0.4, -0.2) is 74.2 Å². The lowest BCUT2D eigenvalue weighted by Crippen LogP contribution is -2.49. The molecule has 6 heteroatoms. The van der Waals surface area contributed by atoms with Crippen LogP contribution in [0.2, 0.25) is 0 Å². The molecule has 0 bridgehead atoms. The van der Waals surface area contributed by atoms with Crippen molar-refractivity contribution in [3.05, 3.63) is 60.8 Å². The largest absolute Gasteiger partial charge is 0.448 e. The van der Waals surface area contributed by atoms with E-state index in [0.29, 0.717) is 26.3 Å². The average Bonchev–Trinajstić information content (AvgIpc) is 3.51. The molecule has 2 aliphatic rings. The summed E-state index contributed by atoms with van der Waals surface area (Å²) in [6.07, 6.45) is 53.5. The van der Waals surface area contributed by atoms with E-state index in [1.807, 2.05) is 23.9 Å². The first-order chi connectivity index (χ1) is 26.4. The van der Waals surface area contributed by atoms with Crippen molar-refractivity contribution in [1.29, 1.82) is 0 Å².